The maximum atomic E-state index is 5.80. The van der Waals surface area contributed by atoms with Crippen LogP contribution >= 0.6 is 0 Å². The molecule has 1 aromatic carbocycles. The molecule has 0 aliphatic carbocycles. The van der Waals surface area contributed by atoms with Gasteiger partial charge in [-0.15, -0.1) is 0 Å². The topological polar surface area (TPSA) is 21.8 Å². The molecule has 3 heteroatoms. The maximum Gasteiger partial charge on any atom is 0.0892 e. The van der Waals surface area contributed by atoms with Gasteiger partial charge in [0.15, 0.2) is 0 Å². The smallest absolute Gasteiger partial charge is 0.0892 e. The molecular weight excluding hydrogens is 420 g/mol. The second-order valence-electron chi connectivity index (χ2n) is 11.5. The second kappa shape index (κ2) is 12.9. The molecule has 0 N–H and O–H groups in total. The summed E-state index contributed by atoms with van der Waals surface area (Å²) < 4.78 is 11.5. The third-order valence-corrected chi connectivity index (χ3v) is 9.71. The third-order valence-electron chi connectivity index (χ3n) is 6.93. The Morgan fingerprint density at radius 2 is 1.64 bits per heavy atom. The average Bonchev–Trinajstić information content (AvgIpc) is 3.36. The van der Waals surface area contributed by atoms with E-state index in [4.69, 9.17) is 9.47 Å². The highest BCUT2D eigenvalue weighted by atomic mass is 28.3. The summed E-state index contributed by atoms with van der Waals surface area (Å²) in [6.07, 6.45) is 13.4. The van der Waals surface area contributed by atoms with Crippen LogP contribution in [0.4, 0.5) is 0 Å². The molecule has 184 valence electrons. The van der Waals surface area contributed by atoms with Gasteiger partial charge < -0.3 is 9.47 Å². The number of epoxide rings is 1. The first kappa shape index (κ1) is 27.8. The quantitative estimate of drug-likeness (QED) is 0.118. The molecule has 1 aliphatic rings. The van der Waals surface area contributed by atoms with E-state index in [0.717, 1.165) is 25.7 Å². The van der Waals surface area contributed by atoms with Crippen LogP contribution in [-0.4, -0.2) is 26.4 Å². The fourth-order valence-electron chi connectivity index (χ4n) is 4.47. The number of ether oxygens (including phenoxy) is 2. The average molecular weight is 469 g/mol. The Hall–Kier alpha value is -1.42. The van der Waals surface area contributed by atoms with Crippen molar-refractivity contribution >= 4 is 8.07 Å². The van der Waals surface area contributed by atoms with E-state index in [0.29, 0.717) is 24.9 Å². The van der Waals surface area contributed by atoms with E-state index in [2.05, 4.69) is 96.8 Å². The number of rotatable bonds is 14. The van der Waals surface area contributed by atoms with Gasteiger partial charge in [-0.3, -0.25) is 0 Å². The SMILES string of the molecule is C/C(=C\COCc1ccccc1)CC/C=C(\C)C(C/C=C(\C)CCC1OC1(C)C)[Si](C)(C)C. The van der Waals surface area contributed by atoms with Crippen molar-refractivity contribution in [3.63, 3.8) is 0 Å². The Kier molecular flexibility index (Phi) is 10.9. The molecule has 1 saturated heterocycles. The van der Waals surface area contributed by atoms with Gasteiger partial charge >= 0.3 is 0 Å². The van der Waals surface area contributed by atoms with E-state index in [1.807, 2.05) is 6.07 Å². The molecule has 1 heterocycles. The number of hydrogen-bond donors (Lipinski definition) is 0. The van der Waals surface area contributed by atoms with Crippen molar-refractivity contribution in [1.29, 1.82) is 0 Å². The summed E-state index contributed by atoms with van der Waals surface area (Å²) in [5, 5.41) is 0. The molecule has 0 radical (unpaired) electrons. The van der Waals surface area contributed by atoms with Crippen LogP contribution in [0.3, 0.4) is 0 Å². The molecule has 1 fully saturated rings. The van der Waals surface area contributed by atoms with E-state index in [1.54, 1.807) is 5.57 Å². The first-order valence-corrected chi connectivity index (χ1v) is 16.3. The third kappa shape index (κ3) is 10.6. The second-order valence-corrected chi connectivity index (χ2v) is 16.9. The van der Waals surface area contributed by atoms with E-state index in [9.17, 15) is 0 Å². The molecule has 2 unspecified atom stereocenters. The molecule has 33 heavy (non-hydrogen) atoms. The minimum absolute atomic E-state index is 0.112. The van der Waals surface area contributed by atoms with Crippen LogP contribution in [0.15, 0.2) is 65.3 Å². The zero-order valence-electron chi connectivity index (χ0n) is 22.5. The minimum atomic E-state index is -1.28. The van der Waals surface area contributed by atoms with Crippen LogP contribution in [0.2, 0.25) is 25.2 Å². The fraction of sp³-hybridized carbons (Fsp3) is 0.600. The first-order chi connectivity index (χ1) is 15.5. The molecule has 1 aliphatic heterocycles. The number of hydrogen-bond acceptors (Lipinski definition) is 2. The molecule has 0 spiro atoms. The van der Waals surface area contributed by atoms with Crippen LogP contribution in [0, 0.1) is 0 Å². The van der Waals surface area contributed by atoms with Crippen LogP contribution in [0.25, 0.3) is 0 Å². The molecule has 0 saturated carbocycles. The lowest BCUT2D eigenvalue weighted by molar-refractivity contribution is 0.148. The highest BCUT2D eigenvalue weighted by Crippen LogP contribution is 2.39. The maximum absolute atomic E-state index is 5.80. The van der Waals surface area contributed by atoms with Gasteiger partial charge in [0.2, 0.25) is 0 Å². The molecule has 0 bridgehead atoms. The van der Waals surface area contributed by atoms with Gasteiger partial charge in [0.05, 0.1) is 33.0 Å². The van der Waals surface area contributed by atoms with Crippen molar-refractivity contribution in [2.45, 2.75) is 110 Å². The Morgan fingerprint density at radius 3 is 2.24 bits per heavy atom. The van der Waals surface area contributed by atoms with Crippen molar-refractivity contribution in [3.05, 3.63) is 70.8 Å². The van der Waals surface area contributed by atoms with Crippen LogP contribution in [0.1, 0.15) is 72.3 Å². The highest BCUT2D eigenvalue weighted by Gasteiger charge is 2.46. The van der Waals surface area contributed by atoms with E-state index in [-0.39, 0.29) is 5.60 Å². The van der Waals surface area contributed by atoms with Gasteiger partial charge in [0, 0.05) is 0 Å². The Balaban J connectivity index is 1.78. The molecule has 0 amide bonds. The normalized spacial score (nSPS) is 20.1. The Morgan fingerprint density at radius 1 is 1.00 bits per heavy atom. The molecular formula is C30H48O2Si. The van der Waals surface area contributed by atoms with Crippen molar-refractivity contribution in [2.24, 2.45) is 0 Å². The predicted octanol–water partition coefficient (Wildman–Crippen LogP) is 8.88. The van der Waals surface area contributed by atoms with Gasteiger partial charge in [0.25, 0.3) is 0 Å². The summed E-state index contributed by atoms with van der Waals surface area (Å²) in [6.45, 7) is 20.2. The monoisotopic (exact) mass is 468 g/mol. The zero-order valence-corrected chi connectivity index (χ0v) is 23.5. The lowest BCUT2D eigenvalue weighted by Gasteiger charge is -2.29. The van der Waals surface area contributed by atoms with Gasteiger partial charge in [-0.25, -0.2) is 0 Å². The largest absolute Gasteiger partial charge is 0.373 e. The van der Waals surface area contributed by atoms with Crippen LogP contribution in [-0.2, 0) is 16.1 Å². The summed E-state index contributed by atoms with van der Waals surface area (Å²) >= 11 is 0. The summed E-state index contributed by atoms with van der Waals surface area (Å²) in [6, 6.07) is 10.4. The van der Waals surface area contributed by atoms with Gasteiger partial charge in [-0.05, 0) is 77.8 Å². The number of benzene rings is 1. The van der Waals surface area contributed by atoms with Crippen molar-refractivity contribution in [3.8, 4) is 0 Å². The highest BCUT2D eigenvalue weighted by molar-refractivity contribution is 6.78. The molecule has 1 aromatic rings. The first-order valence-electron chi connectivity index (χ1n) is 12.8. The summed E-state index contributed by atoms with van der Waals surface area (Å²) in [7, 11) is -1.28. The standard InChI is InChI=1S/C30H48O2Si/c1-24(21-22-31-23-27-15-10-9-11-16-27)13-12-14-26(3)28(33(6,7)8)19-17-25(2)18-20-29-30(4,5)32-29/h9-11,14-17,21,28-29H,12-13,18-20,22-23H2,1-8H3/b24-21+,25-17+,26-14+. The van der Waals surface area contributed by atoms with Gasteiger partial charge in [0.1, 0.15) is 0 Å². The predicted molar refractivity (Wildman–Crippen MR) is 147 cm³/mol. The lowest BCUT2D eigenvalue weighted by Crippen LogP contribution is -2.28. The van der Waals surface area contributed by atoms with Gasteiger partial charge in [-0.2, -0.15) is 0 Å². The zero-order chi connectivity index (χ0) is 24.5. The summed E-state index contributed by atoms with van der Waals surface area (Å²) in [4.78, 5) is 0. The van der Waals surface area contributed by atoms with E-state index >= 15 is 0 Å². The van der Waals surface area contributed by atoms with Crippen LogP contribution in [0.5, 0.6) is 0 Å². The van der Waals surface area contributed by atoms with E-state index in [1.165, 1.54) is 23.1 Å². The fourth-order valence-corrected chi connectivity index (χ4v) is 6.77. The van der Waals surface area contributed by atoms with Crippen molar-refractivity contribution < 1.29 is 9.47 Å². The lowest BCUT2D eigenvalue weighted by atomic mass is 10.0. The van der Waals surface area contributed by atoms with E-state index < -0.39 is 8.07 Å². The minimum Gasteiger partial charge on any atom is -0.373 e. The number of allylic oxidation sites excluding steroid dienone is 5. The van der Waals surface area contributed by atoms with Gasteiger partial charge in [-0.1, -0.05) is 84.9 Å². The Bertz CT molecular complexity index is 811. The Labute approximate surface area is 205 Å². The molecule has 2 nitrogen and oxygen atoms in total. The molecule has 2 rings (SSSR count). The van der Waals surface area contributed by atoms with Crippen LogP contribution < -0.4 is 0 Å². The summed E-state index contributed by atoms with van der Waals surface area (Å²) in [5.74, 6) is 0. The molecule has 2 atom stereocenters. The molecule has 0 aromatic heterocycles. The van der Waals surface area contributed by atoms with Crippen molar-refractivity contribution in [2.75, 3.05) is 6.61 Å². The summed E-state index contributed by atoms with van der Waals surface area (Å²) in [5.41, 5.74) is 6.57. The van der Waals surface area contributed by atoms with Crippen molar-refractivity contribution in [1.82, 2.24) is 0 Å².